The third kappa shape index (κ3) is 2.93. The number of nitrogen functional groups attached to an aromatic ring is 1. The van der Waals surface area contributed by atoms with Crippen LogP contribution in [0, 0.1) is 6.92 Å². The van der Waals surface area contributed by atoms with E-state index in [9.17, 15) is 4.79 Å². The van der Waals surface area contributed by atoms with Crippen LogP contribution in [0.4, 0.5) is 5.69 Å². The molecule has 1 amide bonds. The molecule has 1 atom stereocenters. The quantitative estimate of drug-likeness (QED) is 0.824. The Hall–Kier alpha value is -2.30. The first-order valence-corrected chi connectivity index (χ1v) is 6.13. The van der Waals surface area contributed by atoms with Crippen molar-refractivity contribution >= 4 is 11.6 Å². The van der Waals surface area contributed by atoms with Gasteiger partial charge in [-0.25, -0.2) is 0 Å². The Balaban J connectivity index is 2.15. The molecule has 1 heterocycles. The Morgan fingerprint density at radius 1 is 1.47 bits per heavy atom. The summed E-state index contributed by atoms with van der Waals surface area (Å²) in [4.78, 5) is 12.2. The Morgan fingerprint density at radius 2 is 2.21 bits per heavy atom. The number of nitrogens with zero attached hydrogens (tertiary/aromatic N) is 2. The van der Waals surface area contributed by atoms with Gasteiger partial charge < -0.3 is 11.1 Å². The fraction of sp³-hybridized carbons (Fsp3) is 0.286. The monoisotopic (exact) mass is 258 g/mol. The number of rotatable bonds is 3. The second kappa shape index (κ2) is 5.14. The number of amides is 1. The second-order valence-corrected chi connectivity index (χ2v) is 4.72. The van der Waals surface area contributed by atoms with E-state index in [1.165, 1.54) is 0 Å². The third-order valence-electron chi connectivity index (χ3n) is 3.08. The van der Waals surface area contributed by atoms with Gasteiger partial charge in [0.05, 0.1) is 12.2 Å². The maximum Gasteiger partial charge on any atom is 0.252 e. The minimum atomic E-state index is -0.124. The lowest BCUT2D eigenvalue weighted by atomic mass is 10.1. The molecule has 0 saturated heterocycles. The van der Waals surface area contributed by atoms with Crippen molar-refractivity contribution in [3.05, 3.63) is 47.3 Å². The van der Waals surface area contributed by atoms with E-state index in [1.807, 2.05) is 33.2 Å². The molecule has 1 aromatic heterocycles. The lowest BCUT2D eigenvalue weighted by Gasteiger charge is -2.13. The van der Waals surface area contributed by atoms with E-state index < -0.39 is 0 Å². The number of carbonyl (C=O) groups excluding carboxylic acids is 1. The minimum Gasteiger partial charge on any atom is -0.399 e. The molecular formula is C14H18N4O. The SMILES string of the molecule is Cc1ccc(N)cc1C(=O)NC(C)c1cnn(C)c1. The number of hydrogen-bond acceptors (Lipinski definition) is 3. The Bertz CT molecular complexity index is 603. The summed E-state index contributed by atoms with van der Waals surface area (Å²) in [6, 6.07) is 5.23. The summed E-state index contributed by atoms with van der Waals surface area (Å²) >= 11 is 0. The molecule has 0 aliphatic rings. The summed E-state index contributed by atoms with van der Waals surface area (Å²) in [5.74, 6) is -0.124. The molecular weight excluding hydrogens is 240 g/mol. The molecule has 0 bridgehead atoms. The molecule has 1 aromatic carbocycles. The molecule has 5 heteroatoms. The largest absolute Gasteiger partial charge is 0.399 e. The Morgan fingerprint density at radius 3 is 2.84 bits per heavy atom. The van der Waals surface area contributed by atoms with Crippen LogP contribution in [0.3, 0.4) is 0 Å². The van der Waals surface area contributed by atoms with E-state index in [0.29, 0.717) is 11.3 Å². The van der Waals surface area contributed by atoms with Crippen LogP contribution in [0.5, 0.6) is 0 Å². The maximum atomic E-state index is 12.2. The van der Waals surface area contributed by atoms with Crippen LogP contribution in [-0.4, -0.2) is 15.7 Å². The van der Waals surface area contributed by atoms with E-state index in [2.05, 4.69) is 10.4 Å². The zero-order valence-electron chi connectivity index (χ0n) is 11.3. The number of aromatic nitrogens is 2. The van der Waals surface area contributed by atoms with Gasteiger partial charge in [0.2, 0.25) is 0 Å². The highest BCUT2D eigenvalue weighted by Crippen LogP contribution is 2.15. The summed E-state index contributed by atoms with van der Waals surface area (Å²) in [5, 5.41) is 7.04. The van der Waals surface area contributed by atoms with Crippen molar-refractivity contribution in [2.75, 3.05) is 5.73 Å². The van der Waals surface area contributed by atoms with Gasteiger partial charge in [-0.3, -0.25) is 9.48 Å². The van der Waals surface area contributed by atoms with E-state index in [4.69, 9.17) is 5.73 Å². The lowest BCUT2D eigenvalue weighted by molar-refractivity contribution is 0.0939. The van der Waals surface area contributed by atoms with Crippen molar-refractivity contribution in [1.82, 2.24) is 15.1 Å². The summed E-state index contributed by atoms with van der Waals surface area (Å²) in [6.45, 7) is 3.82. The second-order valence-electron chi connectivity index (χ2n) is 4.72. The number of nitrogens with one attached hydrogen (secondary N) is 1. The normalized spacial score (nSPS) is 12.2. The zero-order chi connectivity index (χ0) is 14.0. The topological polar surface area (TPSA) is 72.9 Å². The van der Waals surface area contributed by atoms with Gasteiger partial charge in [-0.1, -0.05) is 6.07 Å². The van der Waals surface area contributed by atoms with Crippen LogP contribution >= 0.6 is 0 Å². The first-order valence-electron chi connectivity index (χ1n) is 6.13. The maximum absolute atomic E-state index is 12.2. The van der Waals surface area contributed by atoms with Crippen molar-refractivity contribution in [1.29, 1.82) is 0 Å². The van der Waals surface area contributed by atoms with E-state index >= 15 is 0 Å². The number of aryl methyl sites for hydroxylation is 2. The average molecular weight is 258 g/mol. The smallest absolute Gasteiger partial charge is 0.252 e. The number of nitrogens with two attached hydrogens (primary N) is 1. The molecule has 5 nitrogen and oxygen atoms in total. The van der Waals surface area contributed by atoms with Crippen LogP contribution in [0.2, 0.25) is 0 Å². The summed E-state index contributed by atoms with van der Waals surface area (Å²) < 4.78 is 1.71. The van der Waals surface area contributed by atoms with Gasteiger partial charge >= 0.3 is 0 Å². The molecule has 2 aromatic rings. The Labute approximate surface area is 112 Å². The van der Waals surface area contributed by atoms with Gasteiger partial charge in [0.1, 0.15) is 0 Å². The van der Waals surface area contributed by atoms with E-state index in [1.54, 1.807) is 23.0 Å². The van der Waals surface area contributed by atoms with Crippen molar-refractivity contribution in [3.63, 3.8) is 0 Å². The highest BCUT2D eigenvalue weighted by atomic mass is 16.1. The van der Waals surface area contributed by atoms with E-state index in [-0.39, 0.29) is 11.9 Å². The highest BCUT2D eigenvalue weighted by Gasteiger charge is 2.14. The average Bonchev–Trinajstić information content (AvgIpc) is 2.79. The molecule has 0 aliphatic heterocycles. The molecule has 100 valence electrons. The summed E-state index contributed by atoms with van der Waals surface area (Å²) in [6.07, 6.45) is 3.63. The molecule has 19 heavy (non-hydrogen) atoms. The lowest BCUT2D eigenvalue weighted by Crippen LogP contribution is -2.27. The van der Waals surface area contributed by atoms with Crippen LogP contribution in [0.1, 0.15) is 34.5 Å². The zero-order valence-corrected chi connectivity index (χ0v) is 11.3. The van der Waals surface area contributed by atoms with Gasteiger partial charge in [-0.2, -0.15) is 5.10 Å². The van der Waals surface area contributed by atoms with Crippen molar-refractivity contribution in [3.8, 4) is 0 Å². The molecule has 2 rings (SSSR count). The number of hydrogen-bond donors (Lipinski definition) is 2. The van der Waals surface area contributed by atoms with Crippen molar-refractivity contribution in [2.45, 2.75) is 19.9 Å². The fourth-order valence-corrected chi connectivity index (χ4v) is 1.91. The molecule has 0 fully saturated rings. The third-order valence-corrected chi connectivity index (χ3v) is 3.08. The van der Waals surface area contributed by atoms with Crippen molar-refractivity contribution < 1.29 is 4.79 Å². The molecule has 3 N–H and O–H groups in total. The number of benzene rings is 1. The summed E-state index contributed by atoms with van der Waals surface area (Å²) in [7, 11) is 1.85. The van der Waals surface area contributed by atoms with Crippen LogP contribution in [0.15, 0.2) is 30.6 Å². The van der Waals surface area contributed by atoms with Gasteiger partial charge in [0.25, 0.3) is 5.91 Å². The minimum absolute atomic E-state index is 0.0953. The van der Waals surface area contributed by atoms with Crippen LogP contribution in [0.25, 0.3) is 0 Å². The molecule has 0 radical (unpaired) electrons. The van der Waals surface area contributed by atoms with Gasteiger partial charge in [-0.05, 0) is 31.5 Å². The first-order chi connectivity index (χ1) is 8.97. The number of carbonyl (C=O) groups is 1. The highest BCUT2D eigenvalue weighted by molar-refractivity contribution is 5.96. The van der Waals surface area contributed by atoms with E-state index in [0.717, 1.165) is 11.1 Å². The van der Waals surface area contributed by atoms with Gasteiger partial charge in [-0.15, -0.1) is 0 Å². The molecule has 0 spiro atoms. The molecule has 0 saturated carbocycles. The first kappa shape index (κ1) is 13.1. The van der Waals surface area contributed by atoms with Gasteiger partial charge in [0.15, 0.2) is 0 Å². The van der Waals surface area contributed by atoms with Gasteiger partial charge in [0, 0.05) is 30.1 Å². The number of anilines is 1. The predicted molar refractivity (Wildman–Crippen MR) is 74.7 cm³/mol. The fourth-order valence-electron chi connectivity index (χ4n) is 1.91. The molecule has 0 aliphatic carbocycles. The van der Waals surface area contributed by atoms with Crippen molar-refractivity contribution in [2.24, 2.45) is 7.05 Å². The predicted octanol–water partition coefficient (Wildman–Crippen LogP) is 1.80. The Kier molecular flexibility index (Phi) is 3.55. The standard InChI is InChI=1S/C14H18N4O/c1-9-4-5-12(15)6-13(9)14(19)17-10(2)11-7-16-18(3)8-11/h4-8,10H,15H2,1-3H3,(H,17,19). The molecule has 1 unspecified atom stereocenters. The summed E-state index contributed by atoms with van der Waals surface area (Å²) in [5.41, 5.74) is 8.79. The van der Waals surface area contributed by atoms with Crippen LogP contribution in [-0.2, 0) is 7.05 Å². The van der Waals surface area contributed by atoms with Crippen LogP contribution < -0.4 is 11.1 Å².